The molecular formula is C22H24N4O3. The number of hydrogen-bond acceptors (Lipinski definition) is 6. The first-order valence-electron chi connectivity index (χ1n) is 9.66. The zero-order valence-corrected chi connectivity index (χ0v) is 16.6. The normalized spacial score (nSPS) is 13.3. The van der Waals surface area contributed by atoms with Crippen LogP contribution in [0.1, 0.15) is 34.1 Å². The Kier molecular flexibility index (Phi) is 6.45. The third-order valence-corrected chi connectivity index (χ3v) is 4.86. The first-order valence-corrected chi connectivity index (χ1v) is 9.66. The smallest absolute Gasteiger partial charge is 0.340 e. The summed E-state index contributed by atoms with van der Waals surface area (Å²) >= 11 is 0. The quantitative estimate of drug-likeness (QED) is 0.726. The number of aryl methyl sites for hydroxylation is 1. The molecule has 1 saturated heterocycles. The molecule has 0 aliphatic carbocycles. The second-order valence-electron chi connectivity index (χ2n) is 7.06. The monoisotopic (exact) mass is 392 g/mol. The zero-order valence-electron chi connectivity index (χ0n) is 16.6. The minimum absolute atomic E-state index is 0.000114. The van der Waals surface area contributed by atoms with E-state index >= 15 is 0 Å². The van der Waals surface area contributed by atoms with Crippen molar-refractivity contribution in [1.29, 1.82) is 5.26 Å². The first kappa shape index (κ1) is 20.3. The van der Waals surface area contributed by atoms with Crippen molar-refractivity contribution in [3.63, 3.8) is 0 Å². The standard InChI is InChI=1S/C22H24N4O3/c1-3-29-22(28)19-10-18(11-23)21(25-15(19)2)26-13-17(14-26)12-24-20(27)9-16-7-5-4-6-8-16/h4-8,10,17H,3,9,12-14H2,1-2H3,(H,24,27). The highest BCUT2D eigenvalue weighted by atomic mass is 16.5. The Balaban J connectivity index is 1.55. The minimum Gasteiger partial charge on any atom is -0.462 e. The number of ether oxygens (including phenoxy) is 1. The maximum absolute atomic E-state index is 12.1. The van der Waals surface area contributed by atoms with Crippen molar-refractivity contribution in [2.24, 2.45) is 5.92 Å². The van der Waals surface area contributed by atoms with Gasteiger partial charge in [0.1, 0.15) is 11.9 Å². The number of nitrogens with zero attached hydrogens (tertiary/aromatic N) is 3. The predicted octanol–water partition coefficient (Wildman–Crippen LogP) is 2.23. The molecule has 0 radical (unpaired) electrons. The molecule has 0 atom stereocenters. The van der Waals surface area contributed by atoms with Crippen LogP contribution in [0.25, 0.3) is 0 Å². The molecule has 0 bridgehead atoms. The molecule has 3 rings (SSSR count). The number of carbonyl (C=O) groups excluding carboxylic acids is 2. The number of pyridine rings is 1. The van der Waals surface area contributed by atoms with Gasteiger partial charge in [-0.2, -0.15) is 5.26 Å². The minimum atomic E-state index is -0.469. The number of nitriles is 1. The Hall–Kier alpha value is -3.40. The number of rotatable bonds is 7. The van der Waals surface area contributed by atoms with E-state index in [1.165, 1.54) is 0 Å². The van der Waals surface area contributed by atoms with Crippen LogP contribution < -0.4 is 10.2 Å². The van der Waals surface area contributed by atoms with E-state index in [1.807, 2.05) is 35.2 Å². The Bertz CT molecular complexity index is 931. The highest BCUT2D eigenvalue weighted by molar-refractivity contribution is 5.91. The van der Waals surface area contributed by atoms with Gasteiger partial charge >= 0.3 is 5.97 Å². The average molecular weight is 392 g/mol. The van der Waals surface area contributed by atoms with E-state index in [0.29, 0.717) is 54.6 Å². The second-order valence-corrected chi connectivity index (χ2v) is 7.06. The maximum atomic E-state index is 12.1. The Labute approximate surface area is 170 Å². The summed E-state index contributed by atoms with van der Waals surface area (Å²) in [5, 5.41) is 12.4. The van der Waals surface area contributed by atoms with Crippen LogP contribution in [0.3, 0.4) is 0 Å². The van der Waals surface area contributed by atoms with E-state index in [0.717, 1.165) is 5.56 Å². The molecule has 1 amide bonds. The largest absolute Gasteiger partial charge is 0.462 e. The number of hydrogen-bond donors (Lipinski definition) is 1. The highest BCUT2D eigenvalue weighted by Crippen LogP contribution is 2.27. The van der Waals surface area contributed by atoms with Crippen LogP contribution in [0.4, 0.5) is 5.82 Å². The number of anilines is 1. The summed E-state index contributed by atoms with van der Waals surface area (Å²) in [5.41, 5.74) is 2.19. The molecule has 150 valence electrons. The van der Waals surface area contributed by atoms with Gasteiger partial charge in [-0.05, 0) is 25.5 Å². The lowest BCUT2D eigenvalue weighted by Gasteiger charge is -2.40. The fraction of sp³-hybridized carbons (Fsp3) is 0.364. The van der Waals surface area contributed by atoms with E-state index in [2.05, 4.69) is 16.4 Å². The van der Waals surface area contributed by atoms with E-state index in [9.17, 15) is 14.9 Å². The van der Waals surface area contributed by atoms with Crippen LogP contribution in [-0.4, -0.2) is 43.1 Å². The van der Waals surface area contributed by atoms with Gasteiger partial charge in [-0.15, -0.1) is 0 Å². The Morgan fingerprint density at radius 1 is 1.31 bits per heavy atom. The Morgan fingerprint density at radius 3 is 2.69 bits per heavy atom. The van der Waals surface area contributed by atoms with Gasteiger partial charge in [0.2, 0.25) is 5.91 Å². The molecule has 0 saturated carbocycles. The Morgan fingerprint density at radius 2 is 2.03 bits per heavy atom. The number of nitrogens with one attached hydrogen (secondary N) is 1. The predicted molar refractivity (Wildman–Crippen MR) is 109 cm³/mol. The van der Waals surface area contributed by atoms with Crippen LogP contribution in [0.15, 0.2) is 36.4 Å². The van der Waals surface area contributed by atoms with Gasteiger partial charge in [-0.25, -0.2) is 9.78 Å². The molecular weight excluding hydrogens is 368 g/mol. The number of amides is 1. The summed E-state index contributed by atoms with van der Waals surface area (Å²) in [6.07, 6.45) is 0.367. The second kappa shape index (κ2) is 9.20. The lowest BCUT2D eigenvalue weighted by molar-refractivity contribution is -0.120. The van der Waals surface area contributed by atoms with Crippen LogP contribution in [0.5, 0.6) is 0 Å². The molecule has 1 fully saturated rings. The van der Waals surface area contributed by atoms with Crippen molar-refractivity contribution < 1.29 is 14.3 Å². The van der Waals surface area contributed by atoms with Gasteiger partial charge in [0.25, 0.3) is 0 Å². The topological polar surface area (TPSA) is 95.3 Å². The van der Waals surface area contributed by atoms with Crippen molar-refractivity contribution in [3.8, 4) is 6.07 Å². The van der Waals surface area contributed by atoms with E-state index in [4.69, 9.17) is 4.74 Å². The molecule has 7 heteroatoms. The fourth-order valence-electron chi connectivity index (χ4n) is 3.31. The van der Waals surface area contributed by atoms with Crippen LogP contribution in [0.2, 0.25) is 0 Å². The fourth-order valence-corrected chi connectivity index (χ4v) is 3.31. The third kappa shape index (κ3) is 4.91. The van der Waals surface area contributed by atoms with E-state index in [1.54, 1.807) is 19.9 Å². The molecule has 2 heterocycles. The molecule has 2 aromatic rings. The highest BCUT2D eigenvalue weighted by Gasteiger charge is 2.30. The SMILES string of the molecule is CCOC(=O)c1cc(C#N)c(N2CC(CNC(=O)Cc3ccccc3)C2)nc1C. The zero-order chi connectivity index (χ0) is 20.8. The summed E-state index contributed by atoms with van der Waals surface area (Å²) < 4.78 is 5.02. The summed E-state index contributed by atoms with van der Waals surface area (Å²) in [5.74, 6) is 0.404. The lowest BCUT2D eigenvalue weighted by atomic mass is 9.98. The van der Waals surface area contributed by atoms with Gasteiger partial charge in [0.15, 0.2) is 0 Å². The van der Waals surface area contributed by atoms with Crippen LogP contribution >= 0.6 is 0 Å². The van der Waals surface area contributed by atoms with Gasteiger partial charge in [-0.1, -0.05) is 30.3 Å². The van der Waals surface area contributed by atoms with Gasteiger partial charge < -0.3 is 15.0 Å². The van der Waals surface area contributed by atoms with E-state index < -0.39 is 5.97 Å². The molecule has 0 unspecified atom stereocenters. The molecule has 1 N–H and O–H groups in total. The molecule has 1 aromatic carbocycles. The molecule has 1 aromatic heterocycles. The number of esters is 1. The van der Waals surface area contributed by atoms with Gasteiger partial charge in [0, 0.05) is 25.6 Å². The van der Waals surface area contributed by atoms with Crippen molar-refractivity contribution >= 4 is 17.7 Å². The van der Waals surface area contributed by atoms with Crippen molar-refractivity contribution in [2.45, 2.75) is 20.3 Å². The maximum Gasteiger partial charge on any atom is 0.340 e. The van der Waals surface area contributed by atoms with Gasteiger partial charge in [0.05, 0.1) is 29.8 Å². The number of carbonyl (C=O) groups is 2. The lowest BCUT2D eigenvalue weighted by Crippen LogP contribution is -2.52. The van der Waals surface area contributed by atoms with Crippen LogP contribution in [0, 0.1) is 24.2 Å². The summed E-state index contributed by atoms with van der Waals surface area (Å²) in [4.78, 5) is 30.6. The van der Waals surface area contributed by atoms with E-state index in [-0.39, 0.29) is 12.5 Å². The molecule has 29 heavy (non-hydrogen) atoms. The molecule has 1 aliphatic heterocycles. The van der Waals surface area contributed by atoms with Crippen molar-refractivity contribution in [3.05, 3.63) is 58.8 Å². The molecule has 7 nitrogen and oxygen atoms in total. The number of benzene rings is 1. The van der Waals surface area contributed by atoms with Gasteiger partial charge in [-0.3, -0.25) is 4.79 Å². The first-order chi connectivity index (χ1) is 14.0. The van der Waals surface area contributed by atoms with Crippen LogP contribution in [-0.2, 0) is 16.0 Å². The third-order valence-electron chi connectivity index (χ3n) is 4.86. The molecule has 0 spiro atoms. The van der Waals surface area contributed by atoms with Crippen molar-refractivity contribution in [2.75, 3.05) is 31.1 Å². The number of aromatic nitrogens is 1. The average Bonchev–Trinajstić information content (AvgIpc) is 2.67. The summed E-state index contributed by atoms with van der Waals surface area (Å²) in [7, 11) is 0. The summed E-state index contributed by atoms with van der Waals surface area (Å²) in [6, 6.07) is 13.3. The molecule has 1 aliphatic rings. The van der Waals surface area contributed by atoms with Crippen molar-refractivity contribution in [1.82, 2.24) is 10.3 Å². The summed E-state index contributed by atoms with van der Waals surface area (Å²) in [6.45, 7) is 5.73.